The van der Waals surface area contributed by atoms with Crippen molar-refractivity contribution in [3.05, 3.63) is 60.8 Å². The predicted molar refractivity (Wildman–Crippen MR) is 153 cm³/mol. The Bertz CT molecular complexity index is 1530. The van der Waals surface area contributed by atoms with Crippen LogP contribution in [0.2, 0.25) is 0 Å². The van der Waals surface area contributed by atoms with Crippen molar-refractivity contribution in [2.75, 3.05) is 10.6 Å². The zero-order valence-corrected chi connectivity index (χ0v) is 23.4. The van der Waals surface area contributed by atoms with Crippen LogP contribution in [-0.2, 0) is 11.8 Å². The topological polar surface area (TPSA) is 125 Å². The molecule has 4 rings (SSSR count). The maximum Gasteiger partial charge on any atom is 0.408 e. The van der Waals surface area contributed by atoms with Crippen LogP contribution in [0.5, 0.6) is 0 Å². The summed E-state index contributed by atoms with van der Waals surface area (Å²) < 4.78 is 16.3. The number of nitrogens with zero attached hydrogens (tertiary/aromatic N) is 5. The average molecular weight is 548 g/mol. The van der Waals surface area contributed by atoms with Crippen molar-refractivity contribution >= 4 is 40.1 Å². The number of carboxylic acid groups (broad SMARTS) is 1. The molecule has 2 heterocycles. The number of fused-ring (bicyclic) bond motifs is 1. The molecule has 210 valence electrons. The maximum absolute atomic E-state index is 14.4. The number of hydrogen-bond donors (Lipinski definition) is 3. The van der Waals surface area contributed by atoms with Gasteiger partial charge in [0.05, 0.1) is 5.69 Å². The van der Waals surface area contributed by atoms with Crippen LogP contribution in [0.4, 0.5) is 26.5 Å². The fourth-order valence-corrected chi connectivity index (χ4v) is 4.73. The first-order valence-electron chi connectivity index (χ1n) is 13.0. The van der Waals surface area contributed by atoms with Gasteiger partial charge in [-0.3, -0.25) is 9.69 Å². The molecule has 0 fully saturated rings. The molecule has 2 amide bonds. The summed E-state index contributed by atoms with van der Waals surface area (Å²) in [5.41, 5.74) is 0.953. The van der Waals surface area contributed by atoms with Crippen LogP contribution >= 0.6 is 0 Å². The first-order chi connectivity index (χ1) is 18.8. The summed E-state index contributed by atoms with van der Waals surface area (Å²) in [4.78, 5) is 38.6. The number of aromatic nitrogens is 4. The monoisotopic (exact) mass is 547 g/mol. The Morgan fingerprint density at radius 3 is 2.30 bits per heavy atom. The van der Waals surface area contributed by atoms with Gasteiger partial charge in [-0.25, -0.2) is 4.79 Å². The van der Waals surface area contributed by atoms with Gasteiger partial charge in [0.2, 0.25) is 11.9 Å². The summed E-state index contributed by atoms with van der Waals surface area (Å²) in [6, 6.07) is 13.5. The molecule has 0 aliphatic carbocycles. The van der Waals surface area contributed by atoms with Crippen LogP contribution in [0.1, 0.15) is 41.0 Å². The van der Waals surface area contributed by atoms with Crippen molar-refractivity contribution < 1.29 is 19.1 Å². The largest absolute Gasteiger partial charge is 0.465 e. The number of amides is 2. The third kappa shape index (κ3) is 6.36. The lowest BCUT2D eigenvalue weighted by atomic mass is 9.96. The highest BCUT2D eigenvalue weighted by molar-refractivity contribution is 5.97. The van der Waals surface area contributed by atoms with E-state index < -0.39 is 29.7 Å². The number of benzene rings is 2. The van der Waals surface area contributed by atoms with Crippen molar-refractivity contribution in [1.82, 2.24) is 24.4 Å². The Morgan fingerprint density at radius 2 is 1.68 bits per heavy atom. The quantitative estimate of drug-likeness (QED) is 0.245. The lowest BCUT2D eigenvalue weighted by Crippen LogP contribution is -2.55. The number of anilines is 3. The first-order valence-corrected chi connectivity index (χ1v) is 13.0. The molecule has 0 aliphatic heterocycles. The fraction of sp³-hybridized carbons (Fsp3) is 0.345. The Labute approximate surface area is 232 Å². The number of nitrogens with one attached hydrogen (secondary N) is 2. The molecule has 10 nitrogen and oxygen atoms in total. The normalized spacial score (nSPS) is 12.4. The molecular formula is C29H34FN7O3. The fourth-order valence-electron chi connectivity index (χ4n) is 4.73. The summed E-state index contributed by atoms with van der Waals surface area (Å²) in [5, 5.41) is 17.5. The molecule has 0 aliphatic rings. The second-order valence-corrected chi connectivity index (χ2v) is 11.1. The summed E-state index contributed by atoms with van der Waals surface area (Å²) in [6.45, 7) is 9.17. The van der Waals surface area contributed by atoms with Crippen molar-refractivity contribution in [1.29, 1.82) is 0 Å². The van der Waals surface area contributed by atoms with E-state index in [0.717, 1.165) is 10.8 Å². The molecular weight excluding hydrogens is 513 g/mol. The van der Waals surface area contributed by atoms with Gasteiger partial charge in [-0.05, 0) is 57.4 Å². The van der Waals surface area contributed by atoms with Gasteiger partial charge < -0.3 is 20.3 Å². The molecule has 40 heavy (non-hydrogen) atoms. The van der Waals surface area contributed by atoms with E-state index in [9.17, 15) is 19.1 Å². The molecule has 1 unspecified atom stereocenters. The SMILES string of the molecule is CC(C)CC(C(=O)Nc1ccc(Nc2nc(F)nc(-c3c4ccccc4cn3C)n2)cc1)N(C(=O)O)C(C)(C)C. The van der Waals surface area contributed by atoms with Crippen molar-refractivity contribution in [2.24, 2.45) is 13.0 Å². The highest BCUT2D eigenvalue weighted by Gasteiger charge is 2.37. The van der Waals surface area contributed by atoms with Crippen molar-refractivity contribution in [3.63, 3.8) is 0 Å². The highest BCUT2D eigenvalue weighted by atomic mass is 19.1. The third-order valence-electron chi connectivity index (χ3n) is 6.37. The van der Waals surface area contributed by atoms with Gasteiger partial charge in [-0.15, -0.1) is 0 Å². The zero-order chi connectivity index (χ0) is 29.2. The molecule has 3 N–H and O–H groups in total. The van der Waals surface area contributed by atoms with E-state index in [1.165, 1.54) is 4.90 Å². The van der Waals surface area contributed by atoms with Gasteiger partial charge in [-0.1, -0.05) is 38.1 Å². The lowest BCUT2D eigenvalue weighted by molar-refractivity contribution is -0.123. The van der Waals surface area contributed by atoms with Crippen LogP contribution in [0.3, 0.4) is 0 Å². The summed E-state index contributed by atoms with van der Waals surface area (Å²) in [7, 11) is 1.85. The average Bonchev–Trinajstić information content (AvgIpc) is 3.18. The molecule has 0 saturated heterocycles. The minimum Gasteiger partial charge on any atom is -0.465 e. The minimum atomic E-state index is -1.15. The van der Waals surface area contributed by atoms with Gasteiger partial charge in [0.15, 0.2) is 5.82 Å². The Morgan fingerprint density at radius 1 is 1.02 bits per heavy atom. The third-order valence-corrected chi connectivity index (χ3v) is 6.37. The summed E-state index contributed by atoms with van der Waals surface area (Å²) >= 11 is 0. The number of carbonyl (C=O) groups excluding carboxylic acids is 1. The van der Waals surface area contributed by atoms with Crippen LogP contribution in [0, 0.1) is 12.0 Å². The highest BCUT2D eigenvalue weighted by Crippen LogP contribution is 2.29. The van der Waals surface area contributed by atoms with Crippen LogP contribution in [0.25, 0.3) is 22.3 Å². The number of halogens is 1. The molecule has 2 aromatic carbocycles. The molecule has 1 atom stereocenters. The van der Waals surface area contributed by atoms with Crippen LogP contribution in [-0.4, -0.2) is 53.1 Å². The number of hydrogen-bond acceptors (Lipinski definition) is 6. The number of carbonyl (C=O) groups is 2. The van der Waals surface area contributed by atoms with Gasteiger partial charge in [-0.2, -0.15) is 19.3 Å². The van der Waals surface area contributed by atoms with E-state index in [0.29, 0.717) is 23.5 Å². The summed E-state index contributed by atoms with van der Waals surface area (Å²) in [6.07, 6.45) is 0.230. The Hall–Kier alpha value is -4.54. The summed E-state index contributed by atoms with van der Waals surface area (Å²) in [5.74, 6) is -0.0825. The molecule has 4 aromatic rings. The van der Waals surface area contributed by atoms with Gasteiger partial charge in [0.25, 0.3) is 0 Å². The zero-order valence-electron chi connectivity index (χ0n) is 23.4. The van der Waals surface area contributed by atoms with E-state index in [2.05, 4.69) is 25.6 Å². The molecule has 11 heteroatoms. The molecule has 0 saturated carbocycles. The van der Waals surface area contributed by atoms with Gasteiger partial charge in [0.1, 0.15) is 6.04 Å². The predicted octanol–water partition coefficient (Wildman–Crippen LogP) is 6.04. The lowest BCUT2D eigenvalue weighted by Gasteiger charge is -2.39. The second-order valence-electron chi connectivity index (χ2n) is 11.1. The van der Waals surface area contributed by atoms with Crippen LogP contribution < -0.4 is 10.6 Å². The van der Waals surface area contributed by atoms with E-state index in [1.54, 1.807) is 45.0 Å². The van der Waals surface area contributed by atoms with Crippen molar-refractivity contribution in [3.8, 4) is 11.5 Å². The van der Waals surface area contributed by atoms with E-state index in [1.807, 2.05) is 55.9 Å². The van der Waals surface area contributed by atoms with Gasteiger partial charge >= 0.3 is 12.2 Å². The number of rotatable bonds is 8. The molecule has 0 bridgehead atoms. The van der Waals surface area contributed by atoms with E-state index in [-0.39, 0.29) is 17.7 Å². The van der Waals surface area contributed by atoms with Gasteiger partial charge in [0, 0.05) is 40.9 Å². The second kappa shape index (κ2) is 11.3. The van der Waals surface area contributed by atoms with Crippen LogP contribution in [0.15, 0.2) is 54.7 Å². The Balaban J connectivity index is 1.53. The minimum absolute atomic E-state index is 0.0313. The van der Waals surface area contributed by atoms with Crippen molar-refractivity contribution in [2.45, 2.75) is 52.6 Å². The molecule has 0 spiro atoms. The Kier molecular flexibility index (Phi) is 8.03. The number of aryl methyl sites for hydroxylation is 1. The first kappa shape index (κ1) is 28.5. The standard InChI is InChI=1S/C29H34FN7O3/c1-17(2)15-22(37(28(39)40)29(3,4)5)25(38)31-19-11-13-20(14-12-19)32-27-34-24(33-26(30)35-27)23-21-10-8-7-9-18(21)16-36(23)6/h7-14,16-17,22H,15H2,1-6H3,(H,31,38)(H,39,40)(H,32,33,34,35). The smallest absolute Gasteiger partial charge is 0.408 e. The van der Waals surface area contributed by atoms with E-state index >= 15 is 0 Å². The van der Waals surface area contributed by atoms with E-state index in [4.69, 9.17) is 0 Å². The maximum atomic E-state index is 14.4. The molecule has 2 aromatic heterocycles. The molecule has 0 radical (unpaired) electrons.